The van der Waals surface area contributed by atoms with Crippen molar-refractivity contribution in [1.82, 2.24) is 4.98 Å². The molecule has 8 nitrogen and oxygen atoms in total. The van der Waals surface area contributed by atoms with Crippen molar-refractivity contribution in [1.29, 1.82) is 0 Å². The fraction of sp³-hybridized carbons (Fsp3) is 0.222. The Morgan fingerprint density at radius 1 is 0.972 bits per heavy atom. The Morgan fingerprint density at radius 3 is 2.42 bits per heavy atom. The number of anilines is 1. The second kappa shape index (κ2) is 9.94. The molecule has 0 spiro atoms. The molecule has 0 saturated heterocycles. The van der Waals surface area contributed by atoms with Crippen LogP contribution in [0.25, 0.3) is 11.5 Å². The van der Waals surface area contributed by atoms with Crippen LogP contribution >= 0.6 is 0 Å². The van der Waals surface area contributed by atoms with E-state index in [2.05, 4.69) is 10.3 Å². The molecule has 0 amide bonds. The molecule has 1 unspecified atom stereocenters. The molecule has 1 aliphatic rings. The van der Waals surface area contributed by atoms with Crippen LogP contribution in [0.3, 0.4) is 0 Å². The molecule has 0 fully saturated rings. The summed E-state index contributed by atoms with van der Waals surface area (Å²) < 4.78 is 50.2. The first-order valence-electron chi connectivity index (χ1n) is 11.7. The number of nitrogens with one attached hydrogen (secondary N) is 1. The predicted molar refractivity (Wildman–Crippen MR) is 134 cm³/mol. The molecule has 1 aromatic heterocycles. The lowest BCUT2D eigenvalue weighted by molar-refractivity contribution is 0.171. The van der Waals surface area contributed by atoms with Crippen molar-refractivity contribution in [3.8, 4) is 28.7 Å². The summed E-state index contributed by atoms with van der Waals surface area (Å²) in [5.74, 6) is 1.83. The molecule has 1 atom stereocenters. The molecule has 36 heavy (non-hydrogen) atoms. The summed E-state index contributed by atoms with van der Waals surface area (Å²) in [7, 11) is -4.06. The molecule has 0 aliphatic carbocycles. The highest BCUT2D eigenvalue weighted by Crippen LogP contribution is 2.38. The lowest BCUT2D eigenvalue weighted by Crippen LogP contribution is -2.16. The number of nitrogens with zero attached hydrogens (tertiary/aromatic N) is 1. The van der Waals surface area contributed by atoms with Gasteiger partial charge in [0.25, 0.3) is 0 Å². The molecule has 0 radical (unpaired) electrons. The Bertz CT molecular complexity index is 1450. The van der Waals surface area contributed by atoms with Gasteiger partial charge in [-0.1, -0.05) is 30.3 Å². The normalized spacial score (nSPS) is 13.7. The number of hydrogen-bond acceptors (Lipinski definition) is 8. The monoisotopic (exact) mass is 506 g/mol. The largest absolute Gasteiger partial charge is 0.494 e. The van der Waals surface area contributed by atoms with E-state index in [0.717, 1.165) is 5.56 Å². The second-order valence-corrected chi connectivity index (χ2v) is 10.1. The smallest absolute Gasteiger partial charge is 0.234 e. The highest BCUT2D eigenvalue weighted by molar-refractivity contribution is 7.91. The molecule has 1 aliphatic heterocycles. The third-order valence-corrected chi connectivity index (χ3v) is 7.39. The van der Waals surface area contributed by atoms with E-state index in [9.17, 15) is 8.42 Å². The Morgan fingerprint density at radius 2 is 1.69 bits per heavy atom. The van der Waals surface area contributed by atoms with Crippen LogP contribution in [0.1, 0.15) is 25.5 Å². The summed E-state index contributed by atoms with van der Waals surface area (Å²) in [6.07, 6.45) is 0. The summed E-state index contributed by atoms with van der Waals surface area (Å²) in [6.45, 7) is 5.14. The van der Waals surface area contributed by atoms with Gasteiger partial charge >= 0.3 is 0 Å². The van der Waals surface area contributed by atoms with Crippen molar-refractivity contribution < 1.29 is 27.0 Å². The van der Waals surface area contributed by atoms with Crippen LogP contribution in [0.15, 0.2) is 87.1 Å². The second-order valence-electron chi connectivity index (χ2n) is 8.20. The summed E-state index contributed by atoms with van der Waals surface area (Å²) in [6, 6.07) is 21.1. The van der Waals surface area contributed by atoms with Gasteiger partial charge in [0.2, 0.25) is 26.6 Å². The Hall–Kier alpha value is -3.98. The molecule has 186 valence electrons. The maximum atomic E-state index is 13.8. The van der Waals surface area contributed by atoms with Gasteiger partial charge in [-0.15, -0.1) is 0 Å². The number of fused-ring (bicyclic) bond motifs is 1. The van der Waals surface area contributed by atoms with Gasteiger partial charge in [-0.3, -0.25) is 0 Å². The first-order valence-corrected chi connectivity index (χ1v) is 13.1. The van der Waals surface area contributed by atoms with Crippen LogP contribution in [-0.4, -0.2) is 33.2 Å². The lowest BCUT2D eigenvalue weighted by atomic mass is 10.1. The molecule has 1 N–H and O–H groups in total. The highest BCUT2D eigenvalue weighted by Gasteiger charge is 2.31. The summed E-state index contributed by atoms with van der Waals surface area (Å²) in [4.78, 5) is 4.47. The molecule has 5 rings (SSSR count). The third-order valence-electron chi connectivity index (χ3n) is 5.73. The van der Waals surface area contributed by atoms with Crippen molar-refractivity contribution in [2.24, 2.45) is 0 Å². The van der Waals surface area contributed by atoms with E-state index >= 15 is 0 Å². The number of sulfone groups is 1. The number of rotatable bonds is 8. The fourth-order valence-electron chi connectivity index (χ4n) is 3.89. The van der Waals surface area contributed by atoms with E-state index in [1.165, 1.54) is 12.1 Å². The Kier molecular flexibility index (Phi) is 6.56. The third kappa shape index (κ3) is 4.74. The van der Waals surface area contributed by atoms with Crippen LogP contribution < -0.4 is 19.5 Å². The topological polar surface area (TPSA) is 99.9 Å². The SMILES string of the molecule is CCOc1ccc(-c2nc(S(=O)(=O)c3ccc4c(c3)OCCO4)c(NC(C)c3ccccc3)o2)cc1. The first kappa shape index (κ1) is 23.7. The van der Waals surface area contributed by atoms with Crippen molar-refractivity contribution in [3.63, 3.8) is 0 Å². The van der Waals surface area contributed by atoms with Crippen LogP contribution in [0.2, 0.25) is 0 Å². The van der Waals surface area contributed by atoms with Crippen LogP contribution in [0.5, 0.6) is 17.2 Å². The summed E-state index contributed by atoms with van der Waals surface area (Å²) >= 11 is 0. The zero-order valence-electron chi connectivity index (χ0n) is 19.9. The van der Waals surface area contributed by atoms with Gasteiger partial charge in [-0.25, -0.2) is 8.42 Å². The Balaban J connectivity index is 1.56. The van der Waals surface area contributed by atoms with E-state index < -0.39 is 9.84 Å². The van der Waals surface area contributed by atoms with Gasteiger partial charge in [0.05, 0.1) is 17.5 Å². The molecule has 4 aromatic rings. The zero-order chi connectivity index (χ0) is 25.1. The van der Waals surface area contributed by atoms with E-state index in [4.69, 9.17) is 18.6 Å². The maximum Gasteiger partial charge on any atom is 0.234 e. The zero-order valence-corrected chi connectivity index (χ0v) is 20.7. The molecule has 0 bridgehead atoms. The molecular formula is C27H26N2O6S. The van der Waals surface area contributed by atoms with Gasteiger partial charge < -0.3 is 23.9 Å². The average Bonchev–Trinajstić information content (AvgIpc) is 3.34. The van der Waals surface area contributed by atoms with Gasteiger partial charge in [0, 0.05) is 11.6 Å². The van der Waals surface area contributed by atoms with Crippen molar-refractivity contribution in [2.45, 2.75) is 29.8 Å². The minimum Gasteiger partial charge on any atom is -0.494 e. The van der Waals surface area contributed by atoms with Gasteiger partial charge in [0.15, 0.2) is 11.5 Å². The summed E-state index contributed by atoms with van der Waals surface area (Å²) in [5.41, 5.74) is 1.59. The fourth-order valence-corrected chi connectivity index (χ4v) is 5.17. The number of benzene rings is 3. The molecule has 3 aromatic carbocycles. The van der Waals surface area contributed by atoms with Crippen molar-refractivity contribution in [2.75, 3.05) is 25.1 Å². The number of aromatic nitrogens is 1. The molecular weight excluding hydrogens is 480 g/mol. The molecule has 9 heteroatoms. The Labute approximate surface area is 209 Å². The summed E-state index contributed by atoms with van der Waals surface area (Å²) in [5, 5.41) is 2.99. The van der Waals surface area contributed by atoms with Crippen molar-refractivity contribution in [3.05, 3.63) is 78.4 Å². The van der Waals surface area contributed by atoms with Gasteiger partial charge in [-0.2, -0.15) is 4.98 Å². The quantitative estimate of drug-likeness (QED) is 0.334. The number of hydrogen-bond donors (Lipinski definition) is 1. The minimum absolute atomic E-state index is 0.0358. The van der Waals surface area contributed by atoms with E-state index in [-0.39, 0.29) is 27.7 Å². The van der Waals surface area contributed by atoms with E-state index in [1.54, 1.807) is 30.3 Å². The number of oxazole rings is 1. The minimum atomic E-state index is -4.06. The van der Waals surface area contributed by atoms with E-state index in [0.29, 0.717) is 42.6 Å². The lowest BCUT2D eigenvalue weighted by Gasteiger charge is -2.19. The maximum absolute atomic E-state index is 13.8. The first-order chi connectivity index (χ1) is 17.5. The molecule has 0 saturated carbocycles. The van der Waals surface area contributed by atoms with Gasteiger partial charge in [-0.05, 0) is 55.8 Å². The van der Waals surface area contributed by atoms with Gasteiger partial charge in [0.1, 0.15) is 19.0 Å². The van der Waals surface area contributed by atoms with Crippen LogP contribution in [0.4, 0.5) is 5.88 Å². The van der Waals surface area contributed by atoms with E-state index in [1.807, 2.05) is 44.2 Å². The molecule has 2 heterocycles. The average molecular weight is 507 g/mol. The van der Waals surface area contributed by atoms with Crippen molar-refractivity contribution >= 4 is 15.7 Å². The highest BCUT2D eigenvalue weighted by atomic mass is 32.2. The van der Waals surface area contributed by atoms with Crippen LogP contribution in [0, 0.1) is 0 Å². The van der Waals surface area contributed by atoms with Crippen LogP contribution in [-0.2, 0) is 9.84 Å². The number of ether oxygens (including phenoxy) is 3. The predicted octanol–water partition coefficient (Wildman–Crippen LogP) is 5.52. The standard InChI is InChI=1S/C27H26N2O6S/c1-3-32-21-11-9-20(10-12-21)25-29-27(26(35-25)28-18(2)19-7-5-4-6-8-19)36(30,31)22-13-14-23-24(17-22)34-16-15-33-23/h4-14,17-18,28H,3,15-16H2,1-2H3.